The van der Waals surface area contributed by atoms with E-state index in [-0.39, 0.29) is 24.2 Å². The van der Waals surface area contributed by atoms with Crippen molar-refractivity contribution in [3.8, 4) is 5.75 Å². The molecule has 2 amide bonds. The van der Waals surface area contributed by atoms with E-state index in [4.69, 9.17) is 16.3 Å². The number of hydrogen-bond donors (Lipinski definition) is 1. The highest BCUT2D eigenvalue weighted by Crippen LogP contribution is 2.27. The molecule has 2 aromatic rings. The molecule has 0 saturated carbocycles. The lowest BCUT2D eigenvalue weighted by Gasteiger charge is -2.17. The van der Waals surface area contributed by atoms with Crippen LogP contribution in [0.2, 0.25) is 5.02 Å². The predicted octanol–water partition coefficient (Wildman–Crippen LogP) is 3.80. The van der Waals surface area contributed by atoms with Gasteiger partial charge < -0.3 is 15.0 Å². The van der Waals surface area contributed by atoms with Crippen molar-refractivity contribution in [2.45, 2.75) is 26.4 Å². The molecule has 1 N–H and O–H groups in total. The van der Waals surface area contributed by atoms with Crippen molar-refractivity contribution in [3.63, 3.8) is 0 Å². The minimum Gasteiger partial charge on any atom is -0.489 e. The molecule has 0 radical (unpaired) electrons. The smallest absolute Gasteiger partial charge is 0.227 e. The van der Waals surface area contributed by atoms with Gasteiger partial charge in [0.05, 0.1) is 5.92 Å². The summed E-state index contributed by atoms with van der Waals surface area (Å²) in [6.45, 7) is 3.43. The van der Waals surface area contributed by atoms with Crippen LogP contribution in [-0.2, 0) is 16.2 Å². The van der Waals surface area contributed by atoms with Crippen LogP contribution in [-0.4, -0.2) is 24.9 Å². The number of nitrogens with one attached hydrogen (secondary N) is 1. The number of hydrogen-bond acceptors (Lipinski definition) is 3. The number of halogens is 1. The maximum absolute atomic E-state index is 12.3. The molecule has 1 atom stereocenters. The monoisotopic (exact) mass is 386 g/mol. The summed E-state index contributed by atoms with van der Waals surface area (Å²) in [7, 11) is 0. The zero-order valence-electron chi connectivity index (χ0n) is 15.3. The van der Waals surface area contributed by atoms with Crippen LogP contribution in [0, 0.1) is 5.92 Å². The van der Waals surface area contributed by atoms with Gasteiger partial charge in [0.15, 0.2) is 0 Å². The average molecular weight is 387 g/mol. The second kappa shape index (κ2) is 8.91. The Bertz CT molecular complexity index is 807. The Hall–Kier alpha value is -2.53. The predicted molar refractivity (Wildman–Crippen MR) is 106 cm³/mol. The minimum atomic E-state index is -0.291. The van der Waals surface area contributed by atoms with E-state index in [1.54, 1.807) is 4.90 Å². The summed E-state index contributed by atoms with van der Waals surface area (Å²) < 4.78 is 5.77. The number of rotatable bonds is 7. The normalized spacial score (nSPS) is 16.4. The summed E-state index contributed by atoms with van der Waals surface area (Å²) in [5, 5.41) is 3.53. The SMILES string of the molecule is CCCNC(=O)C1CC(=O)N(c2ccc(OCc3ccccc3Cl)cc2)C1. The lowest BCUT2D eigenvalue weighted by atomic mass is 10.1. The van der Waals surface area contributed by atoms with Crippen molar-refractivity contribution in [1.82, 2.24) is 5.32 Å². The molecule has 6 heteroatoms. The van der Waals surface area contributed by atoms with E-state index in [0.717, 1.165) is 17.7 Å². The zero-order valence-corrected chi connectivity index (χ0v) is 16.0. The quantitative estimate of drug-likeness (QED) is 0.787. The summed E-state index contributed by atoms with van der Waals surface area (Å²) in [5.41, 5.74) is 1.69. The first-order valence-corrected chi connectivity index (χ1v) is 9.50. The van der Waals surface area contributed by atoms with E-state index in [1.807, 2.05) is 55.5 Å². The molecule has 1 aliphatic heterocycles. The van der Waals surface area contributed by atoms with Crippen LogP contribution in [0.3, 0.4) is 0 Å². The third-order valence-electron chi connectivity index (χ3n) is 4.55. The molecule has 1 saturated heterocycles. The molecule has 2 aromatic carbocycles. The number of amides is 2. The van der Waals surface area contributed by atoms with Crippen molar-refractivity contribution in [2.75, 3.05) is 18.0 Å². The number of nitrogens with zero attached hydrogens (tertiary/aromatic N) is 1. The second-order valence-electron chi connectivity index (χ2n) is 6.57. The highest BCUT2D eigenvalue weighted by molar-refractivity contribution is 6.31. The van der Waals surface area contributed by atoms with Crippen LogP contribution in [0.15, 0.2) is 48.5 Å². The zero-order chi connectivity index (χ0) is 19.2. The third kappa shape index (κ3) is 4.80. The van der Waals surface area contributed by atoms with Gasteiger partial charge in [-0.2, -0.15) is 0 Å². The van der Waals surface area contributed by atoms with E-state index < -0.39 is 0 Å². The van der Waals surface area contributed by atoms with Crippen LogP contribution in [0.4, 0.5) is 5.69 Å². The summed E-state index contributed by atoms with van der Waals surface area (Å²) >= 11 is 6.13. The first-order valence-electron chi connectivity index (χ1n) is 9.13. The van der Waals surface area contributed by atoms with Crippen molar-refractivity contribution in [2.24, 2.45) is 5.92 Å². The highest BCUT2D eigenvalue weighted by Gasteiger charge is 2.34. The molecular weight excluding hydrogens is 364 g/mol. The molecule has 1 fully saturated rings. The van der Waals surface area contributed by atoms with Gasteiger partial charge in [-0.05, 0) is 36.8 Å². The van der Waals surface area contributed by atoms with Crippen LogP contribution in [0.25, 0.3) is 0 Å². The van der Waals surface area contributed by atoms with E-state index in [1.165, 1.54) is 0 Å². The number of benzene rings is 2. The first kappa shape index (κ1) is 19.2. The number of anilines is 1. The fourth-order valence-corrected chi connectivity index (χ4v) is 3.21. The van der Waals surface area contributed by atoms with Gasteiger partial charge in [0.25, 0.3) is 0 Å². The minimum absolute atomic E-state index is 0.0311. The Kier molecular flexibility index (Phi) is 6.35. The molecule has 0 aliphatic carbocycles. The van der Waals surface area contributed by atoms with Crippen LogP contribution >= 0.6 is 11.6 Å². The molecule has 1 aliphatic rings. The maximum Gasteiger partial charge on any atom is 0.227 e. The number of carbonyl (C=O) groups excluding carboxylic acids is 2. The molecule has 1 heterocycles. The van der Waals surface area contributed by atoms with Gasteiger partial charge in [-0.1, -0.05) is 36.7 Å². The van der Waals surface area contributed by atoms with Gasteiger partial charge in [-0.3, -0.25) is 9.59 Å². The molecular formula is C21H23ClN2O3. The number of ether oxygens (including phenoxy) is 1. The Morgan fingerprint density at radius 1 is 1.22 bits per heavy atom. The molecule has 0 bridgehead atoms. The summed E-state index contributed by atoms with van der Waals surface area (Å²) in [5.74, 6) is 0.325. The Labute approximate surface area is 164 Å². The van der Waals surface area contributed by atoms with Gasteiger partial charge in [-0.25, -0.2) is 0 Å². The lowest BCUT2D eigenvalue weighted by Crippen LogP contribution is -2.33. The fraction of sp³-hybridized carbons (Fsp3) is 0.333. The molecule has 27 heavy (non-hydrogen) atoms. The summed E-state index contributed by atoms with van der Waals surface area (Å²) in [6, 6.07) is 14.9. The van der Waals surface area contributed by atoms with Gasteiger partial charge in [0.2, 0.25) is 11.8 Å². The van der Waals surface area contributed by atoms with Gasteiger partial charge in [0, 0.05) is 35.8 Å². The highest BCUT2D eigenvalue weighted by atomic mass is 35.5. The van der Waals surface area contributed by atoms with Gasteiger partial charge in [-0.15, -0.1) is 0 Å². The third-order valence-corrected chi connectivity index (χ3v) is 4.91. The molecule has 0 spiro atoms. The second-order valence-corrected chi connectivity index (χ2v) is 6.98. The lowest BCUT2D eigenvalue weighted by molar-refractivity contribution is -0.126. The fourth-order valence-electron chi connectivity index (χ4n) is 3.02. The van der Waals surface area contributed by atoms with E-state index in [2.05, 4.69) is 5.32 Å². The molecule has 142 valence electrons. The van der Waals surface area contributed by atoms with Crippen molar-refractivity contribution in [3.05, 3.63) is 59.1 Å². The Balaban J connectivity index is 1.59. The van der Waals surface area contributed by atoms with E-state index in [0.29, 0.717) is 30.5 Å². The molecule has 3 rings (SSSR count). The van der Waals surface area contributed by atoms with Crippen LogP contribution in [0.5, 0.6) is 5.75 Å². The van der Waals surface area contributed by atoms with Crippen molar-refractivity contribution < 1.29 is 14.3 Å². The largest absolute Gasteiger partial charge is 0.489 e. The Morgan fingerprint density at radius 3 is 2.67 bits per heavy atom. The number of carbonyl (C=O) groups is 2. The molecule has 0 aromatic heterocycles. The first-order chi connectivity index (χ1) is 13.1. The van der Waals surface area contributed by atoms with E-state index >= 15 is 0 Å². The topological polar surface area (TPSA) is 58.6 Å². The Morgan fingerprint density at radius 2 is 1.96 bits per heavy atom. The van der Waals surface area contributed by atoms with E-state index in [9.17, 15) is 9.59 Å². The average Bonchev–Trinajstić information content (AvgIpc) is 3.07. The summed E-state index contributed by atoms with van der Waals surface area (Å²) in [6.07, 6.45) is 1.13. The molecule has 5 nitrogen and oxygen atoms in total. The maximum atomic E-state index is 12.3. The van der Waals surface area contributed by atoms with Crippen molar-refractivity contribution in [1.29, 1.82) is 0 Å². The van der Waals surface area contributed by atoms with Crippen LogP contribution < -0.4 is 15.0 Å². The van der Waals surface area contributed by atoms with Crippen molar-refractivity contribution >= 4 is 29.1 Å². The standard InChI is InChI=1S/C21H23ClN2O3/c1-2-11-23-21(26)16-12-20(25)24(13-16)17-7-9-18(10-8-17)27-14-15-5-3-4-6-19(15)22/h3-10,16H,2,11-14H2,1H3,(H,23,26). The summed E-state index contributed by atoms with van der Waals surface area (Å²) in [4.78, 5) is 26.1. The van der Waals surface area contributed by atoms with Crippen LogP contribution in [0.1, 0.15) is 25.3 Å². The van der Waals surface area contributed by atoms with Gasteiger partial charge >= 0.3 is 0 Å². The van der Waals surface area contributed by atoms with Gasteiger partial charge in [0.1, 0.15) is 12.4 Å². The molecule has 1 unspecified atom stereocenters.